The van der Waals surface area contributed by atoms with Crippen LogP contribution in [0.1, 0.15) is 11.3 Å². The van der Waals surface area contributed by atoms with Crippen molar-refractivity contribution in [2.75, 3.05) is 0 Å². The largest absolute Gasteiger partial charge is 0.411 e. The average Bonchev–Trinajstić information content (AvgIpc) is 3.28. The van der Waals surface area contributed by atoms with E-state index >= 15 is 0 Å². The van der Waals surface area contributed by atoms with Gasteiger partial charge in [-0.2, -0.15) is 5.26 Å². The smallest absolute Gasteiger partial charge is 0.277 e. The molecule has 0 radical (unpaired) electrons. The zero-order valence-electron chi connectivity index (χ0n) is 12.6. The molecule has 25 heavy (non-hydrogen) atoms. The third-order valence-electron chi connectivity index (χ3n) is 3.35. The van der Waals surface area contributed by atoms with Gasteiger partial charge < -0.3 is 4.42 Å². The molecule has 1 N–H and O–H groups in total. The minimum atomic E-state index is -0.287. The molecule has 0 bridgehead atoms. The van der Waals surface area contributed by atoms with Gasteiger partial charge in [0.05, 0.1) is 5.69 Å². The maximum atomic E-state index is 12.0. The molecule has 0 fully saturated rings. The summed E-state index contributed by atoms with van der Waals surface area (Å²) < 4.78 is 6.81. The van der Waals surface area contributed by atoms with Crippen molar-refractivity contribution in [2.45, 2.75) is 11.0 Å². The fourth-order valence-electron chi connectivity index (χ4n) is 2.20. The molecule has 9 nitrogen and oxygen atoms in total. The van der Waals surface area contributed by atoms with Crippen molar-refractivity contribution in [3.05, 3.63) is 58.4 Å². The highest BCUT2D eigenvalue weighted by Gasteiger charge is 2.12. The molecule has 0 aromatic carbocycles. The van der Waals surface area contributed by atoms with Gasteiger partial charge in [0.2, 0.25) is 5.89 Å². The highest BCUT2D eigenvalue weighted by molar-refractivity contribution is 7.98. The number of hydrogen-bond donors (Lipinski definition) is 1. The Balaban J connectivity index is 1.56. The molecule has 0 spiro atoms. The van der Waals surface area contributed by atoms with E-state index in [4.69, 9.17) is 9.68 Å². The van der Waals surface area contributed by atoms with Crippen molar-refractivity contribution in [3.8, 4) is 17.5 Å². The first kappa shape index (κ1) is 15.1. The normalized spacial score (nSPS) is 10.8. The summed E-state index contributed by atoms with van der Waals surface area (Å²) in [6.45, 7) is 0. The van der Waals surface area contributed by atoms with Crippen molar-refractivity contribution in [2.24, 2.45) is 0 Å². The van der Waals surface area contributed by atoms with Crippen LogP contribution in [0.2, 0.25) is 0 Å². The van der Waals surface area contributed by atoms with Crippen molar-refractivity contribution in [3.63, 3.8) is 0 Å². The van der Waals surface area contributed by atoms with Crippen LogP contribution in [-0.4, -0.2) is 29.8 Å². The number of pyridine rings is 1. The Bertz CT molecular complexity index is 1140. The molecule has 0 saturated carbocycles. The standard InChI is InChI=1S/C15H9N7O2S/c16-6-10-7-18-22-12(23)5-11(19-13(10)22)8-25-15-21-20-14(24-15)9-1-3-17-4-2-9/h1-5,7,18H,8H2. The lowest BCUT2D eigenvalue weighted by Gasteiger charge is -1.99. The molecule has 0 saturated heterocycles. The van der Waals surface area contributed by atoms with Crippen molar-refractivity contribution in [1.82, 2.24) is 29.8 Å². The second kappa shape index (κ2) is 6.21. The molecule has 0 unspecified atom stereocenters. The van der Waals surface area contributed by atoms with E-state index in [0.717, 1.165) is 5.56 Å². The van der Waals surface area contributed by atoms with E-state index in [-0.39, 0.29) is 5.56 Å². The summed E-state index contributed by atoms with van der Waals surface area (Å²) in [5.41, 5.74) is 1.62. The third-order valence-corrected chi connectivity index (χ3v) is 4.20. The Morgan fingerprint density at radius 1 is 1.32 bits per heavy atom. The minimum absolute atomic E-state index is 0.287. The van der Waals surface area contributed by atoms with Gasteiger partial charge in [-0.1, -0.05) is 11.8 Å². The number of thioether (sulfide) groups is 1. The number of rotatable bonds is 4. The van der Waals surface area contributed by atoms with Crippen molar-refractivity contribution in [1.29, 1.82) is 5.26 Å². The highest BCUT2D eigenvalue weighted by Crippen LogP contribution is 2.24. The minimum Gasteiger partial charge on any atom is -0.411 e. The van der Waals surface area contributed by atoms with Gasteiger partial charge in [-0.25, -0.2) is 9.50 Å². The van der Waals surface area contributed by atoms with E-state index in [1.807, 2.05) is 6.07 Å². The number of nitrogens with one attached hydrogen (secondary N) is 1. The van der Waals surface area contributed by atoms with Crippen LogP contribution < -0.4 is 5.56 Å². The van der Waals surface area contributed by atoms with E-state index < -0.39 is 0 Å². The molecule has 0 atom stereocenters. The number of aromatic amines is 1. The molecule has 4 rings (SSSR count). The lowest BCUT2D eigenvalue weighted by Crippen LogP contribution is -2.15. The van der Waals surface area contributed by atoms with Gasteiger partial charge in [0.1, 0.15) is 11.6 Å². The van der Waals surface area contributed by atoms with Crippen LogP contribution in [0.25, 0.3) is 17.1 Å². The Kier molecular flexibility index (Phi) is 3.75. The predicted molar refractivity (Wildman–Crippen MR) is 87.6 cm³/mol. The van der Waals surface area contributed by atoms with Crippen LogP contribution in [0.5, 0.6) is 0 Å². The molecule has 4 heterocycles. The van der Waals surface area contributed by atoms with Crippen LogP contribution in [0, 0.1) is 11.3 Å². The number of hydrogen-bond acceptors (Lipinski definition) is 8. The molecule has 10 heteroatoms. The van der Waals surface area contributed by atoms with E-state index in [1.54, 1.807) is 24.5 Å². The molecule has 0 aliphatic carbocycles. The van der Waals surface area contributed by atoms with Gasteiger partial charge in [0.25, 0.3) is 10.8 Å². The highest BCUT2D eigenvalue weighted by atomic mass is 32.2. The average molecular weight is 351 g/mol. The van der Waals surface area contributed by atoms with Crippen LogP contribution in [0.4, 0.5) is 0 Å². The third kappa shape index (κ3) is 2.88. The number of H-pyrrole nitrogens is 1. The summed E-state index contributed by atoms with van der Waals surface area (Å²) in [5.74, 6) is 0.755. The van der Waals surface area contributed by atoms with E-state index in [2.05, 4.69) is 25.3 Å². The summed E-state index contributed by atoms with van der Waals surface area (Å²) >= 11 is 1.26. The Hall–Kier alpha value is -3.45. The van der Waals surface area contributed by atoms with Crippen molar-refractivity contribution < 1.29 is 4.42 Å². The summed E-state index contributed by atoms with van der Waals surface area (Å²) in [5, 5.41) is 20.1. The Labute approximate surface area is 144 Å². The first-order valence-corrected chi connectivity index (χ1v) is 8.10. The summed E-state index contributed by atoms with van der Waals surface area (Å²) in [6.07, 6.45) is 4.73. The quantitative estimate of drug-likeness (QED) is 0.550. The first-order valence-electron chi connectivity index (χ1n) is 7.11. The first-order chi connectivity index (χ1) is 12.2. The number of fused-ring (bicyclic) bond motifs is 1. The Morgan fingerprint density at radius 3 is 2.96 bits per heavy atom. The fraction of sp³-hybridized carbons (Fsp3) is 0.0667. The second-order valence-corrected chi connectivity index (χ2v) is 5.87. The maximum absolute atomic E-state index is 12.0. The molecule has 0 aliphatic rings. The van der Waals surface area contributed by atoms with Crippen LogP contribution >= 0.6 is 11.8 Å². The molecule has 4 aromatic rings. The summed E-state index contributed by atoms with van der Waals surface area (Å²) in [4.78, 5) is 20.3. The van der Waals surface area contributed by atoms with E-state index in [9.17, 15) is 4.79 Å². The number of aromatic nitrogens is 6. The topological polar surface area (TPSA) is 126 Å². The van der Waals surface area contributed by atoms with Gasteiger partial charge in [-0.15, -0.1) is 10.2 Å². The molecular weight excluding hydrogens is 342 g/mol. The van der Waals surface area contributed by atoms with Gasteiger partial charge in [-0.3, -0.25) is 14.9 Å². The summed E-state index contributed by atoms with van der Waals surface area (Å²) in [7, 11) is 0. The monoisotopic (exact) mass is 351 g/mol. The lowest BCUT2D eigenvalue weighted by molar-refractivity contribution is 0.465. The predicted octanol–water partition coefficient (Wildman–Crippen LogP) is 1.63. The van der Waals surface area contributed by atoms with Crippen LogP contribution in [-0.2, 0) is 5.75 Å². The molecule has 0 aliphatic heterocycles. The number of nitriles is 1. The van der Waals surface area contributed by atoms with Crippen LogP contribution in [0.3, 0.4) is 0 Å². The zero-order chi connectivity index (χ0) is 17.2. The van der Waals surface area contributed by atoms with Gasteiger partial charge in [-0.05, 0) is 12.1 Å². The van der Waals surface area contributed by atoms with Gasteiger partial charge in [0, 0.05) is 36.0 Å². The zero-order valence-corrected chi connectivity index (χ0v) is 13.4. The maximum Gasteiger partial charge on any atom is 0.277 e. The van der Waals surface area contributed by atoms with Gasteiger partial charge >= 0.3 is 0 Å². The SMILES string of the molecule is N#Cc1c[nH]n2c(=O)cc(CSc3nnc(-c4ccncc4)o3)nc12. The number of nitrogens with zero attached hydrogens (tertiary/aromatic N) is 6. The molecule has 4 aromatic heterocycles. The van der Waals surface area contributed by atoms with Crippen LogP contribution in [0.15, 0.2) is 51.2 Å². The van der Waals surface area contributed by atoms with Gasteiger partial charge in [0.15, 0.2) is 5.65 Å². The fourth-order valence-corrected chi connectivity index (χ4v) is 2.86. The van der Waals surface area contributed by atoms with E-state index in [1.165, 1.54) is 28.5 Å². The summed E-state index contributed by atoms with van der Waals surface area (Å²) in [6, 6.07) is 6.94. The lowest BCUT2D eigenvalue weighted by atomic mass is 10.3. The molecule has 0 amide bonds. The molecule has 122 valence electrons. The molecular formula is C15H9N7O2S. The van der Waals surface area contributed by atoms with Crippen molar-refractivity contribution >= 4 is 17.4 Å². The second-order valence-electron chi connectivity index (χ2n) is 4.94. The van der Waals surface area contributed by atoms with E-state index in [0.29, 0.717) is 33.8 Å². The Morgan fingerprint density at radius 2 is 2.16 bits per heavy atom.